The average molecular weight is 346 g/mol. The van der Waals surface area contributed by atoms with Gasteiger partial charge >= 0.3 is 0 Å². The molecule has 1 heterocycles. The molecule has 0 saturated carbocycles. The lowest BCUT2D eigenvalue weighted by Crippen LogP contribution is -2.36. The molecule has 0 atom stereocenters. The van der Waals surface area contributed by atoms with Gasteiger partial charge in [0.15, 0.2) is 0 Å². The summed E-state index contributed by atoms with van der Waals surface area (Å²) >= 11 is 0. The molecule has 0 aliphatic rings. The summed E-state index contributed by atoms with van der Waals surface area (Å²) in [5.41, 5.74) is 2.88. The molecule has 0 aliphatic heterocycles. The van der Waals surface area contributed by atoms with Crippen LogP contribution in [0.5, 0.6) is 0 Å². The molecule has 4 heteroatoms. The van der Waals surface area contributed by atoms with Crippen molar-refractivity contribution in [2.24, 2.45) is 0 Å². The summed E-state index contributed by atoms with van der Waals surface area (Å²) in [5, 5.41) is 0. The van der Waals surface area contributed by atoms with Crippen LogP contribution >= 0.6 is 0 Å². The number of benzene rings is 2. The SMILES string of the molecule is CCN(C(=O)c1cccn(Cc2cccc(C)c2)c1=O)c1ccccc1. The highest BCUT2D eigenvalue weighted by molar-refractivity contribution is 6.05. The van der Waals surface area contributed by atoms with Gasteiger partial charge in [-0.2, -0.15) is 0 Å². The van der Waals surface area contributed by atoms with Crippen molar-refractivity contribution in [2.75, 3.05) is 11.4 Å². The van der Waals surface area contributed by atoms with Crippen LogP contribution in [0.4, 0.5) is 5.69 Å². The maximum absolute atomic E-state index is 13.0. The number of anilines is 1. The van der Waals surface area contributed by atoms with E-state index in [9.17, 15) is 9.59 Å². The molecule has 4 nitrogen and oxygen atoms in total. The monoisotopic (exact) mass is 346 g/mol. The Kier molecular flexibility index (Phi) is 5.32. The number of rotatable bonds is 5. The normalized spacial score (nSPS) is 10.5. The first-order valence-electron chi connectivity index (χ1n) is 8.72. The zero-order valence-electron chi connectivity index (χ0n) is 15.1. The zero-order valence-corrected chi connectivity index (χ0v) is 15.1. The molecule has 0 radical (unpaired) electrons. The highest BCUT2D eigenvalue weighted by Crippen LogP contribution is 2.15. The third-order valence-corrected chi connectivity index (χ3v) is 4.32. The second-order valence-corrected chi connectivity index (χ2v) is 6.23. The quantitative estimate of drug-likeness (QED) is 0.704. The zero-order chi connectivity index (χ0) is 18.5. The van der Waals surface area contributed by atoms with Gasteiger partial charge in [0.1, 0.15) is 5.56 Å². The third kappa shape index (κ3) is 3.75. The fourth-order valence-electron chi connectivity index (χ4n) is 3.03. The number of carbonyl (C=O) groups is 1. The van der Waals surface area contributed by atoms with E-state index in [-0.39, 0.29) is 17.0 Å². The van der Waals surface area contributed by atoms with Crippen molar-refractivity contribution in [2.45, 2.75) is 20.4 Å². The molecule has 1 aromatic heterocycles. The summed E-state index contributed by atoms with van der Waals surface area (Å²) in [6, 6.07) is 20.8. The standard InChI is InChI=1S/C22H22N2O2/c1-3-24(19-11-5-4-6-12-19)22(26)20-13-8-14-23(21(20)25)16-18-10-7-9-17(2)15-18/h4-15H,3,16H2,1-2H3. The maximum Gasteiger partial charge on any atom is 0.263 e. The number of pyridine rings is 1. The molecule has 0 spiro atoms. The van der Waals surface area contributed by atoms with Crippen LogP contribution in [-0.4, -0.2) is 17.0 Å². The Morgan fingerprint density at radius 1 is 1.00 bits per heavy atom. The van der Waals surface area contributed by atoms with Crippen molar-refractivity contribution in [3.63, 3.8) is 0 Å². The van der Waals surface area contributed by atoms with E-state index in [0.717, 1.165) is 16.8 Å². The Bertz CT molecular complexity index is 961. The Labute approximate surface area is 153 Å². The van der Waals surface area contributed by atoms with Crippen LogP contribution in [-0.2, 0) is 6.54 Å². The molecule has 0 N–H and O–H groups in total. The number of hydrogen-bond acceptors (Lipinski definition) is 2. The van der Waals surface area contributed by atoms with E-state index in [2.05, 4.69) is 0 Å². The molecular formula is C22H22N2O2. The number of amides is 1. The van der Waals surface area contributed by atoms with Gasteiger partial charge in [0.05, 0.1) is 6.54 Å². The van der Waals surface area contributed by atoms with Gasteiger partial charge in [0.2, 0.25) is 0 Å². The summed E-state index contributed by atoms with van der Waals surface area (Å²) in [6.45, 7) is 4.86. The van der Waals surface area contributed by atoms with Crippen molar-refractivity contribution < 1.29 is 4.79 Å². The fraction of sp³-hybridized carbons (Fsp3) is 0.182. The maximum atomic E-state index is 13.0. The number of hydrogen-bond donors (Lipinski definition) is 0. The Hall–Kier alpha value is -3.14. The van der Waals surface area contributed by atoms with Gasteiger partial charge < -0.3 is 9.47 Å². The summed E-state index contributed by atoms with van der Waals surface area (Å²) in [7, 11) is 0. The minimum absolute atomic E-state index is 0.186. The van der Waals surface area contributed by atoms with Crippen molar-refractivity contribution in [1.82, 2.24) is 4.57 Å². The topological polar surface area (TPSA) is 42.3 Å². The molecule has 0 saturated heterocycles. The smallest absolute Gasteiger partial charge is 0.263 e. The van der Waals surface area contributed by atoms with Gasteiger partial charge in [-0.05, 0) is 43.7 Å². The van der Waals surface area contributed by atoms with E-state index in [4.69, 9.17) is 0 Å². The average Bonchev–Trinajstić information content (AvgIpc) is 2.65. The molecule has 0 unspecified atom stereocenters. The second kappa shape index (κ2) is 7.83. The molecule has 0 bridgehead atoms. The van der Waals surface area contributed by atoms with Crippen molar-refractivity contribution >= 4 is 11.6 Å². The number of nitrogens with zero attached hydrogens (tertiary/aromatic N) is 2. The highest BCUT2D eigenvalue weighted by Gasteiger charge is 2.19. The fourth-order valence-corrected chi connectivity index (χ4v) is 3.03. The second-order valence-electron chi connectivity index (χ2n) is 6.23. The molecule has 26 heavy (non-hydrogen) atoms. The van der Waals surface area contributed by atoms with Gasteiger partial charge in [0.25, 0.3) is 11.5 Å². The lowest BCUT2D eigenvalue weighted by molar-refractivity contribution is 0.0986. The lowest BCUT2D eigenvalue weighted by atomic mass is 10.1. The minimum Gasteiger partial charge on any atom is -0.310 e. The lowest BCUT2D eigenvalue weighted by Gasteiger charge is -2.21. The molecule has 2 aromatic carbocycles. The van der Waals surface area contributed by atoms with E-state index in [1.54, 1.807) is 27.8 Å². The van der Waals surface area contributed by atoms with Crippen LogP contribution in [0.3, 0.4) is 0 Å². The van der Waals surface area contributed by atoms with Crippen LogP contribution in [0.15, 0.2) is 77.7 Å². The van der Waals surface area contributed by atoms with Gasteiger partial charge in [-0.25, -0.2) is 0 Å². The van der Waals surface area contributed by atoms with Gasteiger partial charge in [0, 0.05) is 18.4 Å². The Morgan fingerprint density at radius 2 is 1.77 bits per heavy atom. The van der Waals surface area contributed by atoms with Crippen LogP contribution in [0, 0.1) is 6.92 Å². The first kappa shape index (κ1) is 17.7. The van der Waals surface area contributed by atoms with Crippen LogP contribution < -0.4 is 10.5 Å². The van der Waals surface area contributed by atoms with Crippen molar-refractivity contribution in [3.8, 4) is 0 Å². The largest absolute Gasteiger partial charge is 0.310 e. The molecule has 3 aromatic rings. The number of para-hydroxylation sites is 1. The number of aromatic nitrogens is 1. The Morgan fingerprint density at radius 3 is 2.46 bits per heavy atom. The van der Waals surface area contributed by atoms with Crippen LogP contribution in [0.1, 0.15) is 28.4 Å². The molecular weight excluding hydrogens is 324 g/mol. The summed E-state index contributed by atoms with van der Waals surface area (Å²) in [4.78, 5) is 27.5. The van der Waals surface area contributed by atoms with E-state index in [1.807, 2.05) is 68.4 Å². The van der Waals surface area contributed by atoms with Crippen molar-refractivity contribution in [1.29, 1.82) is 0 Å². The van der Waals surface area contributed by atoms with E-state index >= 15 is 0 Å². The molecule has 0 fully saturated rings. The van der Waals surface area contributed by atoms with Gasteiger partial charge in [-0.3, -0.25) is 9.59 Å². The summed E-state index contributed by atoms with van der Waals surface area (Å²) in [5.74, 6) is -0.276. The van der Waals surface area contributed by atoms with Crippen molar-refractivity contribution in [3.05, 3.63) is 100.0 Å². The minimum atomic E-state index is -0.276. The summed E-state index contributed by atoms with van der Waals surface area (Å²) < 4.78 is 1.58. The molecule has 0 aliphatic carbocycles. The molecule has 1 amide bonds. The van der Waals surface area contributed by atoms with Crippen LogP contribution in [0.25, 0.3) is 0 Å². The van der Waals surface area contributed by atoms with Crippen LogP contribution in [0.2, 0.25) is 0 Å². The van der Waals surface area contributed by atoms with E-state index in [0.29, 0.717) is 13.1 Å². The highest BCUT2D eigenvalue weighted by atomic mass is 16.2. The predicted molar refractivity (Wildman–Crippen MR) is 105 cm³/mol. The van der Waals surface area contributed by atoms with Gasteiger partial charge in [-0.15, -0.1) is 0 Å². The van der Waals surface area contributed by atoms with E-state index in [1.165, 1.54) is 0 Å². The first-order chi connectivity index (χ1) is 12.6. The molecule has 3 rings (SSSR count). The predicted octanol–water partition coefficient (Wildman–Crippen LogP) is 3.87. The first-order valence-corrected chi connectivity index (χ1v) is 8.72. The number of carbonyl (C=O) groups excluding carboxylic acids is 1. The number of aryl methyl sites for hydroxylation is 1. The van der Waals surface area contributed by atoms with Gasteiger partial charge in [-0.1, -0.05) is 48.0 Å². The van der Waals surface area contributed by atoms with E-state index < -0.39 is 0 Å². The molecule has 132 valence electrons. The Balaban J connectivity index is 1.93. The third-order valence-electron chi connectivity index (χ3n) is 4.32. The summed E-state index contributed by atoms with van der Waals surface area (Å²) in [6.07, 6.45) is 1.72.